The molecule has 3 N–H and O–H groups in total. The van der Waals surface area contributed by atoms with Crippen molar-refractivity contribution in [3.63, 3.8) is 0 Å². The summed E-state index contributed by atoms with van der Waals surface area (Å²) in [6.45, 7) is 13.0. The third kappa shape index (κ3) is 5.06. The monoisotopic (exact) mass is 283 g/mol. The predicted octanol–water partition coefficient (Wildman–Crippen LogP) is 1.99. The highest BCUT2D eigenvalue weighted by atomic mass is 16.1. The fourth-order valence-corrected chi connectivity index (χ4v) is 3.06. The van der Waals surface area contributed by atoms with Gasteiger partial charge in [-0.3, -0.25) is 4.79 Å². The molecule has 1 fully saturated rings. The first-order valence-corrected chi connectivity index (χ1v) is 8.16. The van der Waals surface area contributed by atoms with Gasteiger partial charge in [0, 0.05) is 6.54 Å². The van der Waals surface area contributed by atoms with Crippen LogP contribution < -0.4 is 11.1 Å². The minimum absolute atomic E-state index is 0.236. The van der Waals surface area contributed by atoms with Crippen molar-refractivity contribution in [2.45, 2.75) is 58.9 Å². The van der Waals surface area contributed by atoms with Crippen LogP contribution in [0.15, 0.2) is 0 Å². The molecular weight excluding hydrogens is 250 g/mol. The minimum Gasteiger partial charge on any atom is -0.368 e. The molecule has 0 aromatic carbocycles. The molecule has 0 spiro atoms. The van der Waals surface area contributed by atoms with E-state index in [1.54, 1.807) is 0 Å². The smallest absolute Gasteiger partial charge is 0.237 e. The Morgan fingerprint density at radius 1 is 1.35 bits per heavy atom. The SMILES string of the molecule is CCNC(C)(CCCCN1CCC(C)C(C)C1)C(N)=O. The zero-order chi connectivity index (χ0) is 15.2. The van der Waals surface area contributed by atoms with Gasteiger partial charge in [0.05, 0.1) is 5.54 Å². The maximum Gasteiger partial charge on any atom is 0.237 e. The normalized spacial score (nSPS) is 27.2. The van der Waals surface area contributed by atoms with Gasteiger partial charge in [-0.2, -0.15) is 0 Å². The number of unbranched alkanes of at least 4 members (excludes halogenated alkanes) is 1. The number of carbonyl (C=O) groups excluding carboxylic acids is 1. The van der Waals surface area contributed by atoms with Crippen LogP contribution in [-0.4, -0.2) is 42.5 Å². The molecule has 0 aromatic rings. The van der Waals surface area contributed by atoms with Crippen LogP contribution >= 0.6 is 0 Å². The molecule has 0 radical (unpaired) electrons. The fraction of sp³-hybridized carbons (Fsp3) is 0.938. The summed E-state index contributed by atoms with van der Waals surface area (Å²) in [5.41, 5.74) is 4.96. The van der Waals surface area contributed by atoms with Crippen LogP contribution in [0.1, 0.15) is 53.4 Å². The zero-order valence-corrected chi connectivity index (χ0v) is 13.7. The number of hydrogen-bond acceptors (Lipinski definition) is 3. The van der Waals surface area contributed by atoms with Crippen LogP contribution in [0.3, 0.4) is 0 Å². The molecule has 1 heterocycles. The molecule has 0 bridgehead atoms. The minimum atomic E-state index is -0.543. The third-order valence-corrected chi connectivity index (χ3v) is 4.93. The van der Waals surface area contributed by atoms with Gasteiger partial charge < -0.3 is 16.0 Å². The van der Waals surface area contributed by atoms with Gasteiger partial charge in [-0.05, 0) is 64.1 Å². The van der Waals surface area contributed by atoms with E-state index in [0.717, 1.165) is 44.2 Å². The Kier molecular flexibility index (Phi) is 6.96. The second-order valence-corrected chi connectivity index (χ2v) is 6.73. The molecule has 1 saturated heterocycles. The molecule has 118 valence electrons. The Labute approximate surface area is 124 Å². The lowest BCUT2D eigenvalue weighted by atomic mass is 9.88. The van der Waals surface area contributed by atoms with Crippen LogP contribution in [0.2, 0.25) is 0 Å². The summed E-state index contributed by atoms with van der Waals surface area (Å²) < 4.78 is 0. The van der Waals surface area contributed by atoms with Gasteiger partial charge in [0.1, 0.15) is 0 Å². The van der Waals surface area contributed by atoms with Crippen molar-refractivity contribution >= 4 is 5.91 Å². The molecule has 3 unspecified atom stereocenters. The summed E-state index contributed by atoms with van der Waals surface area (Å²) in [5.74, 6) is 1.43. The number of hydrogen-bond donors (Lipinski definition) is 2. The van der Waals surface area contributed by atoms with Crippen molar-refractivity contribution in [1.29, 1.82) is 0 Å². The Hall–Kier alpha value is -0.610. The number of nitrogens with one attached hydrogen (secondary N) is 1. The largest absolute Gasteiger partial charge is 0.368 e. The quantitative estimate of drug-likeness (QED) is 0.670. The summed E-state index contributed by atoms with van der Waals surface area (Å²) >= 11 is 0. The van der Waals surface area contributed by atoms with E-state index < -0.39 is 5.54 Å². The number of likely N-dealkylation sites (N-methyl/N-ethyl adjacent to an activating group) is 1. The maximum absolute atomic E-state index is 11.5. The first-order valence-electron chi connectivity index (χ1n) is 8.16. The van der Waals surface area contributed by atoms with E-state index >= 15 is 0 Å². The third-order valence-electron chi connectivity index (χ3n) is 4.93. The molecule has 1 aliphatic heterocycles. The average Bonchev–Trinajstić information content (AvgIpc) is 2.39. The Morgan fingerprint density at radius 2 is 2.05 bits per heavy atom. The molecule has 4 heteroatoms. The Morgan fingerprint density at radius 3 is 2.60 bits per heavy atom. The molecule has 1 amide bonds. The van der Waals surface area contributed by atoms with Crippen LogP contribution in [0, 0.1) is 11.8 Å². The lowest BCUT2D eigenvalue weighted by Crippen LogP contribution is -2.53. The van der Waals surface area contributed by atoms with Gasteiger partial charge >= 0.3 is 0 Å². The van der Waals surface area contributed by atoms with E-state index in [9.17, 15) is 4.79 Å². The van der Waals surface area contributed by atoms with E-state index in [1.807, 2.05) is 13.8 Å². The predicted molar refractivity (Wildman–Crippen MR) is 84.5 cm³/mol. The van der Waals surface area contributed by atoms with Gasteiger partial charge in [0.15, 0.2) is 0 Å². The summed E-state index contributed by atoms with van der Waals surface area (Å²) in [7, 11) is 0. The zero-order valence-electron chi connectivity index (χ0n) is 13.7. The van der Waals surface area contributed by atoms with Gasteiger partial charge in [-0.1, -0.05) is 20.8 Å². The molecule has 4 nitrogen and oxygen atoms in total. The lowest BCUT2D eigenvalue weighted by molar-refractivity contribution is -0.124. The number of likely N-dealkylation sites (tertiary alicyclic amines) is 1. The summed E-state index contributed by atoms with van der Waals surface area (Å²) in [6, 6.07) is 0. The van der Waals surface area contributed by atoms with Crippen LogP contribution in [0.4, 0.5) is 0 Å². The van der Waals surface area contributed by atoms with E-state index in [-0.39, 0.29) is 5.91 Å². The molecule has 0 aromatic heterocycles. The molecule has 1 rings (SSSR count). The van der Waals surface area contributed by atoms with E-state index in [0.29, 0.717) is 0 Å². The Bertz CT molecular complexity index is 308. The van der Waals surface area contributed by atoms with Gasteiger partial charge in [-0.25, -0.2) is 0 Å². The number of nitrogens with two attached hydrogens (primary N) is 1. The standard InChI is InChI=1S/C16H33N3O/c1-5-18-16(4,15(17)20)9-6-7-10-19-11-8-13(2)14(3)12-19/h13-14,18H,5-12H2,1-4H3,(H2,17,20). The van der Waals surface area contributed by atoms with Crippen molar-refractivity contribution in [3.05, 3.63) is 0 Å². The van der Waals surface area contributed by atoms with Crippen molar-refractivity contribution in [3.8, 4) is 0 Å². The number of nitrogens with zero attached hydrogens (tertiary/aromatic N) is 1. The summed E-state index contributed by atoms with van der Waals surface area (Å²) in [6.07, 6.45) is 4.34. The second kappa shape index (κ2) is 7.99. The molecule has 1 aliphatic rings. The molecular formula is C16H33N3O. The first-order chi connectivity index (χ1) is 9.39. The maximum atomic E-state index is 11.5. The summed E-state index contributed by atoms with van der Waals surface area (Å²) in [4.78, 5) is 14.1. The molecule has 20 heavy (non-hydrogen) atoms. The highest BCUT2D eigenvalue weighted by Gasteiger charge is 2.29. The molecule has 3 atom stereocenters. The van der Waals surface area contributed by atoms with Crippen LogP contribution in [0.25, 0.3) is 0 Å². The van der Waals surface area contributed by atoms with Gasteiger partial charge in [0.2, 0.25) is 5.91 Å². The van der Waals surface area contributed by atoms with E-state index in [4.69, 9.17) is 5.73 Å². The number of rotatable bonds is 8. The van der Waals surface area contributed by atoms with Gasteiger partial charge in [-0.15, -0.1) is 0 Å². The highest BCUT2D eigenvalue weighted by Crippen LogP contribution is 2.23. The Balaban J connectivity index is 2.25. The molecule has 0 saturated carbocycles. The van der Waals surface area contributed by atoms with Crippen LogP contribution in [0.5, 0.6) is 0 Å². The van der Waals surface area contributed by atoms with Crippen molar-refractivity contribution in [2.24, 2.45) is 17.6 Å². The first kappa shape index (κ1) is 17.4. The highest BCUT2D eigenvalue weighted by molar-refractivity contribution is 5.84. The second-order valence-electron chi connectivity index (χ2n) is 6.73. The number of carbonyl (C=O) groups is 1. The average molecular weight is 283 g/mol. The molecule has 0 aliphatic carbocycles. The number of primary amides is 1. The number of piperidine rings is 1. The van der Waals surface area contributed by atoms with Crippen LogP contribution in [-0.2, 0) is 4.79 Å². The lowest BCUT2D eigenvalue weighted by Gasteiger charge is -2.35. The van der Waals surface area contributed by atoms with Gasteiger partial charge in [0.25, 0.3) is 0 Å². The summed E-state index contributed by atoms with van der Waals surface area (Å²) in [5, 5.41) is 3.22. The van der Waals surface area contributed by atoms with E-state index in [2.05, 4.69) is 24.1 Å². The van der Waals surface area contributed by atoms with Crippen molar-refractivity contribution in [2.75, 3.05) is 26.2 Å². The fourth-order valence-electron chi connectivity index (χ4n) is 3.06. The van der Waals surface area contributed by atoms with E-state index in [1.165, 1.54) is 19.5 Å². The topological polar surface area (TPSA) is 58.4 Å². The number of amides is 1. The van der Waals surface area contributed by atoms with Crippen molar-refractivity contribution in [1.82, 2.24) is 10.2 Å². The van der Waals surface area contributed by atoms with Crippen molar-refractivity contribution < 1.29 is 4.79 Å².